The van der Waals surface area contributed by atoms with E-state index in [1.54, 1.807) is 6.20 Å². The topological polar surface area (TPSA) is 72.9 Å². The highest BCUT2D eigenvalue weighted by atomic mass is 16.1. The number of nitrogens with zero attached hydrogens (tertiary/aromatic N) is 2. The van der Waals surface area contributed by atoms with E-state index in [0.29, 0.717) is 11.6 Å². The SMILES string of the molecule is Cc1c(C(N)=O)cnn1C1CCNCC1. The molecule has 2 heterocycles. The summed E-state index contributed by atoms with van der Waals surface area (Å²) >= 11 is 0. The number of aromatic nitrogens is 2. The van der Waals surface area contributed by atoms with E-state index in [0.717, 1.165) is 31.6 Å². The molecule has 1 aromatic heterocycles. The highest BCUT2D eigenvalue weighted by Gasteiger charge is 2.19. The number of carbonyl (C=O) groups is 1. The molecule has 0 aliphatic carbocycles. The Labute approximate surface area is 88.6 Å². The molecule has 0 saturated carbocycles. The minimum Gasteiger partial charge on any atom is -0.365 e. The number of primary amides is 1. The Morgan fingerprint density at radius 3 is 2.80 bits per heavy atom. The van der Waals surface area contributed by atoms with Gasteiger partial charge >= 0.3 is 0 Å². The van der Waals surface area contributed by atoms with E-state index in [2.05, 4.69) is 10.4 Å². The van der Waals surface area contributed by atoms with Gasteiger partial charge in [0.25, 0.3) is 5.91 Å². The van der Waals surface area contributed by atoms with Gasteiger partial charge in [-0.3, -0.25) is 9.48 Å². The van der Waals surface area contributed by atoms with Gasteiger partial charge in [-0.25, -0.2) is 0 Å². The maximum absolute atomic E-state index is 11.1. The second kappa shape index (κ2) is 4.02. The molecule has 1 aliphatic rings. The first kappa shape index (κ1) is 10.2. The lowest BCUT2D eigenvalue weighted by atomic mass is 10.1. The van der Waals surface area contributed by atoms with Gasteiger partial charge < -0.3 is 11.1 Å². The predicted octanol–water partition coefficient (Wildman–Crippen LogP) is 0.215. The highest BCUT2D eigenvalue weighted by Crippen LogP contribution is 2.20. The number of piperidine rings is 1. The molecule has 1 aliphatic heterocycles. The number of rotatable bonds is 2. The molecule has 0 aromatic carbocycles. The fourth-order valence-electron chi connectivity index (χ4n) is 2.08. The third-order valence-corrected chi connectivity index (χ3v) is 2.96. The van der Waals surface area contributed by atoms with Crippen molar-refractivity contribution in [3.63, 3.8) is 0 Å². The van der Waals surface area contributed by atoms with Crippen molar-refractivity contribution in [1.82, 2.24) is 15.1 Å². The smallest absolute Gasteiger partial charge is 0.252 e. The van der Waals surface area contributed by atoms with Crippen molar-refractivity contribution in [2.24, 2.45) is 5.73 Å². The van der Waals surface area contributed by atoms with Gasteiger partial charge in [0, 0.05) is 5.69 Å². The van der Waals surface area contributed by atoms with Crippen LogP contribution in [0.15, 0.2) is 6.20 Å². The first-order valence-corrected chi connectivity index (χ1v) is 5.25. The Balaban J connectivity index is 2.24. The molecule has 3 N–H and O–H groups in total. The Morgan fingerprint density at radius 2 is 2.27 bits per heavy atom. The second-order valence-electron chi connectivity index (χ2n) is 3.93. The van der Waals surface area contributed by atoms with Gasteiger partial charge in [0.05, 0.1) is 17.8 Å². The molecular weight excluding hydrogens is 192 g/mol. The summed E-state index contributed by atoms with van der Waals surface area (Å²) < 4.78 is 1.93. The van der Waals surface area contributed by atoms with Crippen LogP contribution in [0.4, 0.5) is 0 Å². The van der Waals surface area contributed by atoms with Crippen LogP contribution >= 0.6 is 0 Å². The van der Waals surface area contributed by atoms with Crippen molar-refractivity contribution in [3.8, 4) is 0 Å². The maximum Gasteiger partial charge on any atom is 0.252 e. The van der Waals surface area contributed by atoms with Crippen LogP contribution in [0.3, 0.4) is 0 Å². The zero-order valence-corrected chi connectivity index (χ0v) is 8.86. The van der Waals surface area contributed by atoms with Gasteiger partial charge in [-0.05, 0) is 32.9 Å². The number of carbonyl (C=O) groups excluding carboxylic acids is 1. The van der Waals surface area contributed by atoms with Crippen LogP contribution in [0.1, 0.15) is 34.9 Å². The monoisotopic (exact) mass is 208 g/mol. The molecule has 82 valence electrons. The van der Waals surface area contributed by atoms with Crippen molar-refractivity contribution in [1.29, 1.82) is 0 Å². The van der Waals surface area contributed by atoms with Crippen molar-refractivity contribution in [2.45, 2.75) is 25.8 Å². The molecule has 5 heteroatoms. The number of hydrogen-bond acceptors (Lipinski definition) is 3. The van der Waals surface area contributed by atoms with Gasteiger partial charge in [0.1, 0.15) is 0 Å². The summed E-state index contributed by atoms with van der Waals surface area (Å²) in [5.41, 5.74) is 6.67. The van der Waals surface area contributed by atoms with Crippen LogP contribution in [0.25, 0.3) is 0 Å². The molecule has 0 spiro atoms. The molecule has 1 fully saturated rings. The molecular formula is C10H16N4O. The minimum atomic E-state index is -0.396. The first-order chi connectivity index (χ1) is 7.20. The lowest BCUT2D eigenvalue weighted by Crippen LogP contribution is -2.30. The Bertz CT molecular complexity index is 365. The van der Waals surface area contributed by atoms with Crippen LogP contribution in [-0.2, 0) is 0 Å². The highest BCUT2D eigenvalue weighted by molar-refractivity contribution is 5.93. The molecule has 0 radical (unpaired) electrons. The largest absolute Gasteiger partial charge is 0.365 e. The van der Waals surface area contributed by atoms with E-state index < -0.39 is 5.91 Å². The normalized spacial score (nSPS) is 17.9. The molecule has 15 heavy (non-hydrogen) atoms. The Kier molecular flexibility index (Phi) is 2.73. The van der Waals surface area contributed by atoms with E-state index in [4.69, 9.17) is 5.73 Å². The number of hydrogen-bond donors (Lipinski definition) is 2. The van der Waals surface area contributed by atoms with E-state index in [-0.39, 0.29) is 0 Å². The van der Waals surface area contributed by atoms with Crippen molar-refractivity contribution in [3.05, 3.63) is 17.5 Å². The zero-order chi connectivity index (χ0) is 10.8. The summed E-state index contributed by atoms with van der Waals surface area (Å²) in [6.07, 6.45) is 3.68. The third kappa shape index (κ3) is 1.87. The standard InChI is InChI=1S/C10H16N4O/c1-7-9(10(11)15)6-13-14(7)8-2-4-12-5-3-8/h6,8,12H,2-5H2,1H3,(H2,11,15). The number of nitrogens with two attached hydrogens (primary N) is 1. The molecule has 0 atom stereocenters. The zero-order valence-electron chi connectivity index (χ0n) is 8.86. The lowest BCUT2D eigenvalue weighted by Gasteiger charge is -2.24. The second-order valence-corrected chi connectivity index (χ2v) is 3.93. The quantitative estimate of drug-likeness (QED) is 0.730. The number of amides is 1. The lowest BCUT2D eigenvalue weighted by molar-refractivity contribution is 0.0999. The minimum absolute atomic E-state index is 0.396. The van der Waals surface area contributed by atoms with Crippen LogP contribution in [0.2, 0.25) is 0 Å². The molecule has 1 amide bonds. The molecule has 5 nitrogen and oxygen atoms in total. The van der Waals surface area contributed by atoms with Crippen molar-refractivity contribution < 1.29 is 4.79 Å². The molecule has 0 unspecified atom stereocenters. The van der Waals surface area contributed by atoms with Gasteiger partial charge in [0.15, 0.2) is 0 Å². The van der Waals surface area contributed by atoms with E-state index in [9.17, 15) is 4.79 Å². The third-order valence-electron chi connectivity index (χ3n) is 2.96. The fourth-order valence-corrected chi connectivity index (χ4v) is 2.08. The van der Waals surface area contributed by atoms with Crippen LogP contribution < -0.4 is 11.1 Å². The Morgan fingerprint density at radius 1 is 1.60 bits per heavy atom. The summed E-state index contributed by atoms with van der Waals surface area (Å²) in [5.74, 6) is -0.396. The van der Waals surface area contributed by atoms with Gasteiger partial charge in [-0.1, -0.05) is 0 Å². The van der Waals surface area contributed by atoms with Crippen molar-refractivity contribution in [2.75, 3.05) is 13.1 Å². The molecule has 2 rings (SSSR count). The van der Waals surface area contributed by atoms with Crippen LogP contribution in [0.5, 0.6) is 0 Å². The predicted molar refractivity (Wildman–Crippen MR) is 56.6 cm³/mol. The summed E-state index contributed by atoms with van der Waals surface area (Å²) in [4.78, 5) is 11.1. The summed E-state index contributed by atoms with van der Waals surface area (Å²) in [5, 5.41) is 7.55. The molecule has 1 saturated heterocycles. The number of nitrogens with one attached hydrogen (secondary N) is 1. The Hall–Kier alpha value is -1.36. The van der Waals surface area contributed by atoms with E-state index in [1.165, 1.54) is 0 Å². The average Bonchev–Trinajstić information content (AvgIpc) is 2.61. The van der Waals surface area contributed by atoms with E-state index in [1.807, 2.05) is 11.6 Å². The van der Waals surface area contributed by atoms with Crippen molar-refractivity contribution >= 4 is 5.91 Å². The van der Waals surface area contributed by atoms with Gasteiger partial charge in [-0.2, -0.15) is 5.10 Å². The average molecular weight is 208 g/mol. The molecule has 0 bridgehead atoms. The van der Waals surface area contributed by atoms with E-state index >= 15 is 0 Å². The van der Waals surface area contributed by atoms with Gasteiger partial charge in [0.2, 0.25) is 0 Å². The maximum atomic E-state index is 11.1. The summed E-state index contributed by atoms with van der Waals surface area (Å²) in [7, 11) is 0. The van der Waals surface area contributed by atoms with Gasteiger partial charge in [-0.15, -0.1) is 0 Å². The van der Waals surface area contributed by atoms with Crippen LogP contribution in [0, 0.1) is 6.92 Å². The van der Waals surface area contributed by atoms with Crippen LogP contribution in [-0.4, -0.2) is 28.8 Å². The first-order valence-electron chi connectivity index (χ1n) is 5.25. The summed E-state index contributed by atoms with van der Waals surface area (Å²) in [6, 6.07) is 0.402. The fraction of sp³-hybridized carbons (Fsp3) is 0.600. The summed E-state index contributed by atoms with van der Waals surface area (Å²) in [6.45, 7) is 3.92. The molecule has 1 aromatic rings.